The minimum atomic E-state index is -0.437. The van der Waals surface area contributed by atoms with E-state index in [1.54, 1.807) is 44.2 Å². The number of hydrogen-bond acceptors (Lipinski definition) is 4. The molecule has 0 N–H and O–H groups in total. The van der Waals surface area contributed by atoms with Crippen LogP contribution in [0.1, 0.15) is 0 Å². The van der Waals surface area contributed by atoms with Gasteiger partial charge in [0.2, 0.25) is 0 Å². The second-order valence-corrected chi connectivity index (χ2v) is 4.13. The fraction of sp³-hybridized carbons (Fsp3) is 0.357. The third kappa shape index (κ3) is 2.77. The maximum Gasteiger partial charge on any atom is 0.258 e. The fourth-order valence-electron chi connectivity index (χ4n) is 1.94. The first-order valence-electron chi connectivity index (χ1n) is 5.92. The smallest absolute Gasteiger partial charge is 0.258 e. The Labute approximate surface area is 111 Å². The van der Waals surface area contributed by atoms with Crippen LogP contribution < -0.4 is 10.3 Å². The molecule has 0 radical (unpaired) electrons. The van der Waals surface area contributed by atoms with Crippen LogP contribution in [0.15, 0.2) is 35.3 Å². The summed E-state index contributed by atoms with van der Waals surface area (Å²) in [6, 6.07) is 7.26. The summed E-state index contributed by atoms with van der Waals surface area (Å²) in [7, 11) is 4.69. The number of rotatable bonds is 5. The van der Waals surface area contributed by atoms with E-state index in [0.29, 0.717) is 11.9 Å². The lowest BCUT2D eigenvalue weighted by Gasteiger charge is -2.15. The molecular formula is C14H17NO4. The molecule has 1 aromatic carbocycles. The van der Waals surface area contributed by atoms with Gasteiger partial charge in [-0.1, -0.05) is 0 Å². The Bertz CT molecular complexity index is 616. The van der Waals surface area contributed by atoms with Gasteiger partial charge in [0, 0.05) is 25.8 Å². The van der Waals surface area contributed by atoms with Gasteiger partial charge in [0.15, 0.2) is 6.29 Å². The Hall–Kier alpha value is -1.85. The average molecular weight is 263 g/mol. The van der Waals surface area contributed by atoms with Crippen molar-refractivity contribution in [2.45, 2.75) is 12.8 Å². The third-order valence-corrected chi connectivity index (χ3v) is 3.06. The van der Waals surface area contributed by atoms with Crippen LogP contribution in [0.5, 0.6) is 5.75 Å². The van der Waals surface area contributed by atoms with Gasteiger partial charge in [-0.05, 0) is 29.7 Å². The van der Waals surface area contributed by atoms with E-state index in [1.165, 1.54) is 0 Å². The fourth-order valence-corrected chi connectivity index (χ4v) is 1.94. The molecule has 19 heavy (non-hydrogen) atoms. The summed E-state index contributed by atoms with van der Waals surface area (Å²) in [5.41, 5.74) is -0.0701. The van der Waals surface area contributed by atoms with Crippen molar-refractivity contribution >= 4 is 10.8 Å². The standard InChI is InChI=1S/C14H17NO4/c1-17-11-4-5-12-10(8-11)6-7-15(14(12)16)9-13(18-2)19-3/h4-8,13H,9H2,1-3H3. The summed E-state index contributed by atoms with van der Waals surface area (Å²) in [5, 5.41) is 1.50. The number of aromatic nitrogens is 1. The number of ether oxygens (including phenoxy) is 3. The molecule has 0 atom stereocenters. The zero-order valence-electron chi connectivity index (χ0n) is 11.3. The first kappa shape index (κ1) is 13.6. The minimum absolute atomic E-state index is 0.0701. The van der Waals surface area contributed by atoms with E-state index in [1.807, 2.05) is 12.1 Å². The van der Waals surface area contributed by atoms with Crippen molar-refractivity contribution in [2.24, 2.45) is 0 Å². The summed E-state index contributed by atoms with van der Waals surface area (Å²) < 4.78 is 16.9. The van der Waals surface area contributed by atoms with Crippen molar-refractivity contribution in [2.75, 3.05) is 21.3 Å². The van der Waals surface area contributed by atoms with Gasteiger partial charge in [0.25, 0.3) is 5.56 Å². The normalized spacial score (nSPS) is 11.2. The largest absolute Gasteiger partial charge is 0.497 e. The van der Waals surface area contributed by atoms with Crippen LogP contribution in [0.2, 0.25) is 0 Å². The van der Waals surface area contributed by atoms with Crippen molar-refractivity contribution < 1.29 is 14.2 Å². The van der Waals surface area contributed by atoms with E-state index in [2.05, 4.69) is 0 Å². The van der Waals surface area contributed by atoms with Crippen LogP contribution in [0.3, 0.4) is 0 Å². The summed E-state index contributed by atoms with van der Waals surface area (Å²) in [5.74, 6) is 0.733. The molecule has 5 nitrogen and oxygen atoms in total. The van der Waals surface area contributed by atoms with E-state index < -0.39 is 6.29 Å². The lowest BCUT2D eigenvalue weighted by Crippen LogP contribution is -2.28. The predicted molar refractivity (Wildman–Crippen MR) is 72.6 cm³/mol. The third-order valence-electron chi connectivity index (χ3n) is 3.06. The Kier molecular flexibility index (Phi) is 4.19. The maximum atomic E-state index is 12.3. The number of hydrogen-bond donors (Lipinski definition) is 0. The summed E-state index contributed by atoms with van der Waals surface area (Å²) in [4.78, 5) is 12.3. The lowest BCUT2D eigenvalue weighted by molar-refractivity contribution is -0.111. The van der Waals surface area contributed by atoms with E-state index >= 15 is 0 Å². The van der Waals surface area contributed by atoms with Crippen molar-refractivity contribution in [3.8, 4) is 5.75 Å². The zero-order chi connectivity index (χ0) is 13.8. The zero-order valence-corrected chi connectivity index (χ0v) is 11.3. The number of benzene rings is 1. The van der Waals surface area contributed by atoms with Crippen LogP contribution >= 0.6 is 0 Å². The van der Waals surface area contributed by atoms with Gasteiger partial charge in [-0.2, -0.15) is 0 Å². The molecule has 0 unspecified atom stereocenters. The van der Waals surface area contributed by atoms with Gasteiger partial charge < -0.3 is 18.8 Å². The minimum Gasteiger partial charge on any atom is -0.497 e. The highest BCUT2D eigenvalue weighted by molar-refractivity contribution is 5.82. The second-order valence-electron chi connectivity index (χ2n) is 4.13. The molecule has 0 amide bonds. The molecule has 0 aliphatic rings. The average Bonchev–Trinajstić information content (AvgIpc) is 2.46. The first-order chi connectivity index (χ1) is 9.19. The van der Waals surface area contributed by atoms with Gasteiger partial charge in [-0.3, -0.25) is 4.79 Å². The number of nitrogens with zero attached hydrogens (tertiary/aromatic N) is 1. The van der Waals surface area contributed by atoms with Crippen LogP contribution in [0.4, 0.5) is 0 Å². The highest BCUT2D eigenvalue weighted by Gasteiger charge is 2.09. The molecule has 0 fully saturated rings. The van der Waals surface area contributed by atoms with Gasteiger partial charge in [0.1, 0.15) is 5.75 Å². The molecule has 0 aliphatic heterocycles. The lowest BCUT2D eigenvalue weighted by atomic mass is 10.1. The SMILES string of the molecule is COc1ccc2c(=O)n(CC(OC)OC)ccc2c1. The molecular weight excluding hydrogens is 246 g/mol. The van der Waals surface area contributed by atoms with Gasteiger partial charge in [-0.25, -0.2) is 0 Å². The number of fused-ring (bicyclic) bond motifs is 1. The van der Waals surface area contributed by atoms with Crippen molar-refractivity contribution in [3.05, 3.63) is 40.8 Å². The summed E-state index contributed by atoms with van der Waals surface area (Å²) in [6.45, 7) is 0.355. The highest BCUT2D eigenvalue weighted by Crippen LogP contribution is 2.17. The molecule has 1 aromatic heterocycles. The first-order valence-corrected chi connectivity index (χ1v) is 5.92. The number of pyridine rings is 1. The van der Waals surface area contributed by atoms with Gasteiger partial charge in [-0.15, -0.1) is 0 Å². The molecule has 2 aromatic rings. The molecule has 1 heterocycles. The van der Waals surface area contributed by atoms with E-state index in [9.17, 15) is 4.79 Å². The Morgan fingerprint density at radius 1 is 1.16 bits per heavy atom. The molecule has 0 aliphatic carbocycles. The Morgan fingerprint density at radius 3 is 2.53 bits per heavy atom. The molecule has 2 rings (SSSR count). The topological polar surface area (TPSA) is 49.7 Å². The molecule has 5 heteroatoms. The maximum absolute atomic E-state index is 12.3. The van der Waals surface area contributed by atoms with E-state index in [0.717, 1.165) is 11.1 Å². The second kappa shape index (κ2) is 5.86. The van der Waals surface area contributed by atoms with E-state index in [-0.39, 0.29) is 5.56 Å². The number of methoxy groups -OCH3 is 3. The van der Waals surface area contributed by atoms with Crippen molar-refractivity contribution in [1.29, 1.82) is 0 Å². The van der Waals surface area contributed by atoms with E-state index in [4.69, 9.17) is 14.2 Å². The van der Waals surface area contributed by atoms with Gasteiger partial charge in [0.05, 0.1) is 13.7 Å². The Morgan fingerprint density at radius 2 is 1.89 bits per heavy atom. The monoisotopic (exact) mass is 263 g/mol. The van der Waals surface area contributed by atoms with Gasteiger partial charge >= 0.3 is 0 Å². The Balaban J connectivity index is 2.43. The highest BCUT2D eigenvalue weighted by atomic mass is 16.7. The van der Waals surface area contributed by atoms with Crippen LogP contribution in [-0.4, -0.2) is 32.2 Å². The van der Waals surface area contributed by atoms with Crippen molar-refractivity contribution in [3.63, 3.8) is 0 Å². The summed E-state index contributed by atoms with van der Waals surface area (Å²) >= 11 is 0. The van der Waals surface area contributed by atoms with Crippen LogP contribution in [-0.2, 0) is 16.0 Å². The molecule has 0 bridgehead atoms. The quantitative estimate of drug-likeness (QED) is 0.769. The summed E-state index contributed by atoms with van der Waals surface area (Å²) in [6.07, 6.45) is 1.29. The van der Waals surface area contributed by atoms with Crippen LogP contribution in [0.25, 0.3) is 10.8 Å². The van der Waals surface area contributed by atoms with Crippen molar-refractivity contribution in [1.82, 2.24) is 4.57 Å². The van der Waals surface area contributed by atoms with Crippen LogP contribution in [0, 0.1) is 0 Å². The molecule has 102 valence electrons. The predicted octanol–water partition coefficient (Wildman–Crippen LogP) is 1.63. The molecule has 0 saturated carbocycles. The molecule has 0 spiro atoms. The molecule has 0 saturated heterocycles.